The third-order valence-electron chi connectivity index (χ3n) is 4.04. The van der Waals surface area contributed by atoms with E-state index in [4.69, 9.17) is 0 Å². The van der Waals surface area contributed by atoms with E-state index in [-0.39, 0.29) is 0 Å². The van der Waals surface area contributed by atoms with Gasteiger partial charge in [-0.1, -0.05) is 19.3 Å². The van der Waals surface area contributed by atoms with Crippen molar-refractivity contribution in [2.24, 2.45) is 5.92 Å². The van der Waals surface area contributed by atoms with E-state index >= 15 is 0 Å². The Morgan fingerprint density at radius 2 is 2.06 bits per heavy atom. The Kier molecular flexibility index (Phi) is 4.59. The molecule has 0 bridgehead atoms. The lowest BCUT2D eigenvalue weighted by Crippen LogP contribution is -2.34. The van der Waals surface area contributed by atoms with Crippen molar-refractivity contribution in [3.63, 3.8) is 0 Å². The number of aryl methyl sites for hydroxylation is 1. The first-order chi connectivity index (χ1) is 8.66. The Balaban J connectivity index is 1.88. The predicted molar refractivity (Wildman–Crippen MR) is 73.5 cm³/mol. The van der Waals surface area contributed by atoms with Crippen molar-refractivity contribution >= 4 is 0 Å². The molecular formula is C15H24N2O. The molecule has 1 saturated carbocycles. The minimum atomic E-state index is 0.295. The third-order valence-corrected chi connectivity index (χ3v) is 4.04. The van der Waals surface area contributed by atoms with Crippen LogP contribution in [0.4, 0.5) is 0 Å². The van der Waals surface area contributed by atoms with Gasteiger partial charge in [-0.25, -0.2) is 0 Å². The van der Waals surface area contributed by atoms with Crippen molar-refractivity contribution < 1.29 is 5.11 Å². The summed E-state index contributed by atoms with van der Waals surface area (Å²) in [5.41, 5.74) is 1.72. The maximum absolute atomic E-state index is 9.76. The first kappa shape index (κ1) is 13.3. The van der Waals surface area contributed by atoms with Crippen LogP contribution < -0.4 is 5.32 Å². The van der Waals surface area contributed by atoms with Gasteiger partial charge in [0.2, 0.25) is 0 Å². The molecule has 0 aliphatic heterocycles. The van der Waals surface area contributed by atoms with Gasteiger partial charge in [0.1, 0.15) is 5.75 Å². The Labute approximate surface area is 110 Å². The lowest BCUT2D eigenvalue weighted by atomic mass is 9.84. The predicted octanol–water partition coefficient (Wildman–Crippen LogP) is 3.15. The molecule has 0 amide bonds. The minimum Gasteiger partial charge on any atom is -0.506 e. The van der Waals surface area contributed by atoms with E-state index in [1.54, 1.807) is 6.07 Å². The van der Waals surface area contributed by atoms with Crippen LogP contribution in [0.15, 0.2) is 12.1 Å². The molecule has 3 heteroatoms. The molecule has 0 radical (unpaired) electrons. The molecule has 1 fully saturated rings. The zero-order chi connectivity index (χ0) is 13.0. The Morgan fingerprint density at radius 3 is 2.78 bits per heavy atom. The minimum absolute atomic E-state index is 0.295. The highest BCUT2D eigenvalue weighted by molar-refractivity contribution is 5.27. The van der Waals surface area contributed by atoms with Gasteiger partial charge in [-0.15, -0.1) is 0 Å². The zero-order valence-electron chi connectivity index (χ0n) is 11.4. The summed E-state index contributed by atoms with van der Waals surface area (Å²) in [4.78, 5) is 4.38. The van der Waals surface area contributed by atoms with Crippen LogP contribution in [-0.2, 0) is 6.54 Å². The van der Waals surface area contributed by atoms with E-state index in [1.807, 2.05) is 13.0 Å². The number of hydrogen-bond acceptors (Lipinski definition) is 3. The van der Waals surface area contributed by atoms with Gasteiger partial charge in [0.05, 0.1) is 5.69 Å². The van der Waals surface area contributed by atoms with E-state index in [9.17, 15) is 5.11 Å². The normalized spacial score (nSPS) is 18.8. The SMILES string of the molecule is Cc1ccc(O)c(CN[C@@H](C)C2CCCCC2)n1. The first-order valence-electron chi connectivity index (χ1n) is 7.05. The van der Waals surface area contributed by atoms with Crippen LogP contribution in [0, 0.1) is 12.8 Å². The second-order valence-corrected chi connectivity index (χ2v) is 5.49. The van der Waals surface area contributed by atoms with Gasteiger partial charge in [0.15, 0.2) is 0 Å². The zero-order valence-corrected chi connectivity index (χ0v) is 11.4. The Bertz CT molecular complexity index is 386. The summed E-state index contributed by atoms with van der Waals surface area (Å²) in [5, 5.41) is 13.3. The molecule has 100 valence electrons. The molecule has 18 heavy (non-hydrogen) atoms. The lowest BCUT2D eigenvalue weighted by Gasteiger charge is -2.28. The standard InChI is InChI=1S/C15H24N2O/c1-11-8-9-15(18)14(17-11)10-16-12(2)13-6-4-3-5-7-13/h8-9,12-13,16,18H,3-7,10H2,1-2H3/t12-/m0/s1. The molecule has 1 aliphatic rings. The van der Waals surface area contributed by atoms with E-state index in [2.05, 4.69) is 17.2 Å². The quantitative estimate of drug-likeness (QED) is 0.860. The van der Waals surface area contributed by atoms with Crippen LogP contribution in [0.25, 0.3) is 0 Å². The summed E-state index contributed by atoms with van der Waals surface area (Å²) in [7, 11) is 0. The fourth-order valence-corrected chi connectivity index (χ4v) is 2.79. The van der Waals surface area contributed by atoms with Gasteiger partial charge < -0.3 is 10.4 Å². The topological polar surface area (TPSA) is 45.1 Å². The summed E-state index contributed by atoms with van der Waals surface area (Å²) in [6, 6.07) is 4.07. The molecule has 1 atom stereocenters. The van der Waals surface area contributed by atoms with Gasteiger partial charge in [-0.3, -0.25) is 4.98 Å². The van der Waals surface area contributed by atoms with Crippen molar-refractivity contribution in [2.75, 3.05) is 0 Å². The number of nitrogens with zero attached hydrogens (tertiary/aromatic N) is 1. The van der Waals surface area contributed by atoms with Crippen molar-refractivity contribution in [1.82, 2.24) is 10.3 Å². The molecule has 1 heterocycles. The number of aromatic hydroxyl groups is 1. The summed E-state index contributed by atoms with van der Waals surface area (Å²) < 4.78 is 0. The van der Waals surface area contributed by atoms with Crippen LogP contribution >= 0.6 is 0 Å². The molecule has 2 N–H and O–H groups in total. The maximum Gasteiger partial charge on any atom is 0.138 e. The number of pyridine rings is 1. The molecule has 0 aromatic carbocycles. The van der Waals surface area contributed by atoms with Crippen molar-refractivity contribution in [1.29, 1.82) is 0 Å². The summed E-state index contributed by atoms with van der Waals surface area (Å²) in [6.45, 7) is 4.86. The molecule has 0 unspecified atom stereocenters. The van der Waals surface area contributed by atoms with E-state index in [1.165, 1.54) is 32.1 Å². The number of hydrogen-bond donors (Lipinski definition) is 2. The van der Waals surface area contributed by atoms with Gasteiger partial charge in [0, 0.05) is 18.3 Å². The molecule has 1 aromatic heterocycles. The van der Waals surface area contributed by atoms with Crippen LogP contribution in [0.2, 0.25) is 0 Å². The monoisotopic (exact) mass is 248 g/mol. The highest BCUT2D eigenvalue weighted by Crippen LogP contribution is 2.26. The fraction of sp³-hybridized carbons (Fsp3) is 0.667. The molecule has 0 spiro atoms. The molecule has 1 aliphatic carbocycles. The summed E-state index contributed by atoms with van der Waals surface area (Å²) in [6.07, 6.45) is 6.79. The van der Waals surface area contributed by atoms with Crippen molar-refractivity contribution in [3.8, 4) is 5.75 Å². The second-order valence-electron chi connectivity index (χ2n) is 5.49. The van der Waals surface area contributed by atoms with E-state index in [0.717, 1.165) is 17.3 Å². The smallest absolute Gasteiger partial charge is 0.138 e. The van der Waals surface area contributed by atoms with Crippen molar-refractivity contribution in [2.45, 2.75) is 58.5 Å². The largest absolute Gasteiger partial charge is 0.506 e. The highest BCUT2D eigenvalue weighted by Gasteiger charge is 2.19. The molecule has 1 aromatic rings. The van der Waals surface area contributed by atoms with Crippen LogP contribution in [0.1, 0.15) is 50.4 Å². The summed E-state index contributed by atoms with van der Waals surface area (Å²) >= 11 is 0. The second kappa shape index (κ2) is 6.19. The Morgan fingerprint density at radius 1 is 1.33 bits per heavy atom. The highest BCUT2D eigenvalue weighted by atomic mass is 16.3. The first-order valence-corrected chi connectivity index (χ1v) is 7.05. The van der Waals surface area contributed by atoms with Crippen LogP contribution in [-0.4, -0.2) is 16.1 Å². The van der Waals surface area contributed by atoms with Gasteiger partial charge >= 0.3 is 0 Å². The van der Waals surface area contributed by atoms with Crippen LogP contribution in [0.3, 0.4) is 0 Å². The molecule has 2 rings (SSSR count). The van der Waals surface area contributed by atoms with Gasteiger partial charge in [-0.2, -0.15) is 0 Å². The number of aromatic nitrogens is 1. The van der Waals surface area contributed by atoms with Crippen LogP contribution in [0.5, 0.6) is 5.75 Å². The average Bonchev–Trinajstić information content (AvgIpc) is 2.40. The average molecular weight is 248 g/mol. The summed E-state index contributed by atoms with van der Waals surface area (Å²) in [5.74, 6) is 1.08. The van der Waals surface area contributed by atoms with E-state index in [0.29, 0.717) is 18.3 Å². The maximum atomic E-state index is 9.76. The third kappa shape index (κ3) is 3.45. The molecule has 0 saturated heterocycles. The van der Waals surface area contributed by atoms with Gasteiger partial charge in [0.25, 0.3) is 0 Å². The fourth-order valence-electron chi connectivity index (χ4n) is 2.79. The molecule has 3 nitrogen and oxygen atoms in total. The Hall–Kier alpha value is -1.09. The van der Waals surface area contributed by atoms with E-state index < -0.39 is 0 Å². The lowest BCUT2D eigenvalue weighted by molar-refractivity contribution is 0.279. The number of rotatable bonds is 4. The number of nitrogens with one attached hydrogen (secondary N) is 1. The van der Waals surface area contributed by atoms with Gasteiger partial charge in [-0.05, 0) is 44.7 Å². The molecular weight excluding hydrogens is 224 g/mol. The van der Waals surface area contributed by atoms with Crippen molar-refractivity contribution in [3.05, 3.63) is 23.5 Å².